The van der Waals surface area contributed by atoms with Gasteiger partial charge in [0.1, 0.15) is 0 Å². The minimum Gasteiger partial charge on any atom is -0.360 e. The first-order chi connectivity index (χ1) is 8.50. The van der Waals surface area contributed by atoms with Crippen molar-refractivity contribution >= 4 is 18.8 Å². The number of carbonyl (C=O) groups is 1. The Labute approximate surface area is 105 Å². The quantitative estimate of drug-likeness (QED) is 0.269. The van der Waals surface area contributed by atoms with Gasteiger partial charge in [0.25, 0.3) is 5.78 Å². The van der Waals surface area contributed by atoms with Gasteiger partial charge in [0, 0.05) is 19.8 Å². The van der Waals surface area contributed by atoms with E-state index in [1.807, 2.05) is 0 Å². The molecule has 0 aromatic heterocycles. The number of ketones is 1. The maximum absolute atomic E-state index is 12.1. The number of aryl methyl sites for hydroxylation is 1. The van der Waals surface area contributed by atoms with E-state index < -0.39 is 18.8 Å². The molecule has 0 spiro atoms. The Morgan fingerprint density at radius 2 is 1.83 bits per heavy atom. The minimum absolute atomic E-state index is 0.277. The summed E-state index contributed by atoms with van der Waals surface area (Å²) in [4.78, 5) is 14.9. The number of rotatable bonds is 5. The lowest BCUT2D eigenvalue weighted by atomic mass is 10.1. The summed E-state index contributed by atoms with van der Waals surface area (Å²) in [7, 11) is -1.66. The smallest absolute Gasteiger partial charge is 0.360 e. The molecule has 1 aromatic carbocycles. The second-order valence-corrected chi connectivity index (χ2v) is 5.58. The molecular formula is C11H13N2O4P. The van der Waals surface area contributed by atoms with Gasteiger partial charge in [-0.3, -0.25) is 4.79 Å². The van der Waals surface area contributed by atoms with Gasteiger partial charge in [0.15, 0.2) is 0 Å². The molecule has 1 aromatic rings. The molecule has 1 rings (SSSR count). The highest BCUT2D eigenvalue weighted by Gasteiger charge is 2.44. The van der Waals surface area contributed by atoms with Crippen LogP contribution < -0.4 is 0 Å². The Morgan fingerprint density at radius 3 is 2.28 bits per heavy atom. The lowest BCUT2D eigenvalue weighted by molar-refractivity contribution is -0.00425. The van der Waals surface area contributed by atoms with Crippen molar-refractivity contribution in [3.63, 3.8) is 0 Å². The van der Waals surface area contributed by atoms with Crippen LogP contribution in [0.15, 0.2) is 24.3 Å². The monoisotopic (exact) mass is 268 g/mol. The van der Waals surface area contributed by atoms with E-state index in [1.165, 1.54) is 0 Å². The van der Waals surface area contributed by atoms with Crippen molar-refractivity contribution in [2.75, 3.05) is 14.2 Å². The van der Waals surface area contributed by atoms with Gasteiger partial charge in [0.05, 0.1) is 0 Å². The molecule has 0 aliphatic heterocycles. The zero-order chi connectivity index (χ0) is 13.8. The fourth-order valence-corrected chi connectivity index (χ4v) is 2.39. The molecule has 0 amide bonds. The van der Waals surface area contributed by atoms with Crippen LogP contribution >= 0.6 is 7.60 Å². The van der Waals surface area contributed by atoms with E-state index in [4.69, 9.17) is 5.53 Å². The molecule has 96 valence electrons. The van der Waals surface area contributed by atoms with E-state index in [1.54, 1.807) is 31.2 Å². The topological polar surface area (TPSA) is 89.0 Å². The van der Waals surface area contributed by atoms with Crippen molar-refractivity contribution in [2.45, 2.75) is 6.92 Å². The number of benzene rings is 1. The van der Waals surface area contributed by atoms with Crippen LogP contribution in [0.25, 0.3) is 5.53 Å². The maximum Gasteiger partial charge on any atom is 0.448 e. The van der Waals surface area contributed by atoms with Gasteiger partial charge in [-0.25, -0.2) is 4.57 Å². The van der Waals surface area contributed by atoms with E-state index in [-0.39, 0.29) is 5.56 Å². The molecule has 0 aliphatic carbocycles. The average Bonchev–Trinajstić information content (AvgIpc) is 2.39. The molecule has 0 saturated carbocycles. The predicted octanol–water partition coefficient (Wildman–Crippen LogP) is 2.29. The number of Topliss-reactive ketones (excluding diaryl/α,β-unsaturated/α-hetero) is 1. The van der Waals surface area contributed by atoms with E-state index in [0.29, 0.717) is 5.56 Å². The number of carbonyl (C=O) groups excluding carboxylic acids is 1. The second kappa shape index (κ2) is 5.85. The third kappa shape index (κ3) is 2.63. The number of hydrogen-bond acceptors (Lipinski definition) is 4. The molecule has 7 heteroatoms. The van der Waals surface area contributed by atoms with Crippen LogP contribution in [0.4, 0.5) is 0 Å². The first-order valence-corrected chi connectivity index (χ1v) is 6.59. The summed E-state index contributed by atoms with van der Waals surface area (Å²) >= 11 is 0. The third-order valence-electron chi connectivity index (χ3n) is 2.43. The Hall–Kier alpha value is -1.58. The lowest BCUT2D eigenvalue weighted by Crippen LogP contribution is -2.18. The maximum atomic E-state index is 12.1. The normalized spacial score (nSPS) is 10.8. The van der Waals surface area contributed by atoms with Crippen LogP contribution in [0.1, 0.15) is 15.9 Å². The van der Waals surface area contributed by atoms with Crippen molar-refractivity contribution in [3.8, 4) is 0 Å². The Bertz CT molecular complexity index is 556. The van der Waals surface area contributed by atoms with Crippen molar-refractivity contribution in [1.29, 1.82) is 0 Å². The highest BCUT2D eigenvalue weighted by molar-refractivity contribution is 7.75. The molecule has 0 unspecified atom stereocenters. The standard InChI is InChI=1S/C11H13N2O4P/c1-8-6-4-5-7-9(8)10(14)11(13-12)18(15,16-2)17-3/h4-7H,1-3H3. The third-order valence-corrected chi connectivity index (χ3v) is 4.20. The van der Waals surface area contributed by atoms with Crippen molar-refractivity contribution in [3.05, 3.63) is 40.9 Å². The largest absolute Gasteiger partial charge is 0.448 e. The van der Waals surface area contributed by atoms with Gasteiger partial charge in [-0.1, -0.05) is 24.3 Å². The highest BCUT2D eigenvalue weighted by Crippen LogP contribution is 2.48. The average molecular weight is 268 g/mol. The summed E-state index contributed by atoms with van der Waals surface area (Å²) in [6.45, 7) is 1.72. The molecule has 0 saturated heterocycles. The molecule has 0 atom stereocenters. The lowest BCUT2D eigenvalue weighted by Gasteiger charge is -2.08. The molecular weight excluding hydrogens is 255 g/mol. The molecule has 0 bridgehead atoms. The Balaban J connectivity index is 3.30. The summed E-state index contributed by atoms with van der Waals surface area (Å²) < 4.78 is 21.3. The second-order valence-electron chi connectivity index (χ2n) is 3.43. The van der Waals surface area contributed by atoms with Gasteiger partial charge in [-0.15, -0.1) is 0 Å². The zero-order valence-electron chi connectivity index (χ0n) is 10.3. The van der Waals surface area contributed by atoms with Crippen LogP contribution in [0.3, 0.4) is 0 Å². The first-order valence-electron chi connectivity index (χ1n) is 5.04. The van der Waals surface area contributed by atoms with Gasteiger partial charge in [-0.05, 0) is 12.5 Å². The summed E-state index contributed by atoms with van der Waals surface area (Å²) in [5.41, 5.74) is 9.19. The summed E-state index contributed by atoms with van der Waals surface area (Å²) in [5.74, 6) is -0.692. The SMILES string of the molecule is COP(=O)(OC)C(=[N+]=[N-])C(=O)c1ccccc1C. The Kier molecular flexibility index (Phi) is 4.70. The summed E-state index contributed by atoms with van der Waals surface area (Å²) in [5, 5.41) is 0. The van der Waals surface area contributed by atoms with Crippen molar-refractivity contribution < 1.29 is 23.2 Å². The fourth-order valence-electron chi connectivity index (χ4n) is 1.42. The first kappa shape index (κ1) is 14.5. The highest BCUT2D eigenvalue weighted by atomic mass is 31.2. The molecule has 0 N–H and O–H groups in total. The van der Waals surface area contributed by atoms with Gasteiger partial charge < -0.3 is 14.6 Å². The predicted molar refractivity (Wildman–Crippen MR) is 65.8 cm³/mol. The van der Waals surface area contributed by atoms with Crippen molar-refractivity contribution in [1.82, 2.24) is 0 Å². The Morgan fingerprint density at radius 1 is 1.28 bits per heavy atom. The van der Waals surface area contributed by atoms with E-state index in [9.17, 15) is 9.36 Å². The minimum atomic E-state index is -3.88. The van der Waals surface area contributed by atoms with E-state index >= 15 is 0 Å². The fraction of sp³-hybridized carbons (Fsp3) is 0.273. The molecule has 0 heterocycles. The van der Waals surface area contributed by atoms with E-state index in [0.717, 1.165) is 14.2 Å². The number of hydrogen-bond donors (Lipinski definition) is 0. The van der Waals surface area contributed by atoms with Gasteiger partial charge in [-0.2, -0.15) is 4.79 Å². The van der Waals surface area contributed by atoms with Crippen LogP contribution in [0, 0.1) is 6.92 Å². The molecule has 18 heavy (non-hydrogen) atoms. The zero-order valence-corrected chi connectivity index (χ0v) is 11.2. The molecule has 0 fully saturated rings. The molecule has 0 aliphatic rings. The van der Waals surface area contributed by atoms with Crippen molar-refractivity contribution in [2.24, 2.45) is 0 Å². The van der Waals surface area contributed by atoms with Crippen LogP contribution in [-0.4, -0.2) is 30.2 Å². The van der Waals surface area contributed by atoms with Crippen LogP contribution in [-0.2, 0) is 13.6 Å². The van der Waals surface area contributed by atoms with Crippen LogP contribution in [0.5, 0.6) is 0 Å². The number of nitrogens with zero attached hydrogens (tertiary/aromatic N) is 2. The molecule has 0 radical (unpaired) electrons. The van der Waals surface area contributed by atoms with E-state index in [2.05, 4.69) is 13.8 Å². The van der Waals surface area contributed by atoms with Gasteiger partial charge in [0.2, 0.25) is 0 Å². The van der Waals surface area contributed by atoms with Gasteiger partial charge >= 0.3 is 13.0 Å². The molecule has 6 nitrogen and oxygen atoms in total. The summed E-state index contributed by atoms with van der Waals surface area (Å²) in [6.07, 6.45) is 0. The summed E-state index contributed by atoms with van der Waals surface area (Å²) in [6, 6.07) is 6.67. The van der Waals surface area contributed by atoms with Crippen LogP contribution in [0.2, 0.25) is 0 Å².